The second-order valence-corrected chi connectivity index (χ2v) is 4.34. The Balaban J connectivity index is 2.65. The first-order valence-corrected chi connectivity index (χ1v) is 5.87. The predicted octanol–water partition coefficient (Wildman–Crippen LogP) is 3.32. The summed E-state index contributed by atoms with van der Waals surface area (Å²) in [6.45, 7) is 5.99. The molecule has 0 aliphatic carbocycles. The van der Waals surface area contributed by atoms with Gasteiger partial charge < -0.3 is 14.5 Å². The Hall–Kier alpha value is -1.97. The summed E-state index contributed by atoms with van der Waals surface area (Å²) in [5, 5.41) is 2.91. The zero-order chi connectivity index (χ0) is 13.3. The molecular weight excluding hydrogens is 228 g/mol. The number of anilines is 1. The van der Waals surface area contributed by atoms with Crippen molar-refractivity contribution in [1.82, 2.24) is 4.98 Å². The Bertz CT molecular complexity index is 573. The third-order valence-electron chi connectivity index (χ3n) is 2.89. The lowest BCUT2D eigenvalue weighted by molar-refractivity contribution is 0.413. The van der Waals surface area contributed by atoms with Crippen LogP contribution in [0.5, 0.6) is 5.75 Å². The number of hydrogen-bond donors (Lipinski definition) is 1. The van der Waals surface area contributed by atoms with Crippen LogP contribution in [0.15, 0.2) is 16.5 Å². The van der Waals surface area contributed by atoms with Crippen molar-refractivity contribution < 1.29 is 9.15 Å². The second kappa shape index (κ2) is 4.72. The number of aromatic nitrogens is 1. The molecule has 1 heterocycles. The van der Waals surface area contributed by atoms with Gasteiger partial charge in [-0.25, -0.2) is 0 Å². The largest absolute Gasteiger partial charge is 0.496 e. The molecule has 0 atom stereocenters. The molecule has 0 unspecified atom stereocenters. The topological polar surface area (TPSA) is 47.3 Å². The lowest BCUT2D eigenvalue weighted by Crippen LogP contribution is -1.94. The van der Waals surface area contributed by atoms with Crippen LogP contribution >= 0.6 is 0 Å². The van der Waals surface area contributed by atoms with E-state index >= 15 is 0 Å². The van der Waals surface area contributed by atoms with Gasteiger partial charge in [-0.05, 0) is 38.0 Å². The standard InChI is InChI=1S/C14H18N2O2/c1-8-6-9(2)13(17-5)11(7-8)12-10(3)18-14(15-4)16-12/h6-7H,1-5H3,(H,15,16). The Morgan fingerprint density at radius 1 is 1.22 bits per heavy atom. The summed E-state index contributed by atoms with van der Waals surface area (Å²) in [5.41, 5.74) is 4.07. The van der Waals surface area contributed by atoms with Gasteiger partial charge in [-0.15, -0.1) is 0 Å². The monoisotopic (exact) mass is 246 g/mol. The SMILES string of the molecule is CNc1nc(-c2cc(C)cc(C)c2OC)c(C)o1. The number of aryl methyl sites for hydroxylation is 3. The molecule has 4 heteroatoms. The highest BCUT2D eigenvalue weighted by Gasteiger charge is 2.17. The molecule has 0 saturated carbocycles. The molecule has 18 heavy (non-hydrogen) atoms. The van der Waals surface area contributed by atoms with Crippen LogP contribution in [0, 0.1) is 20.8 Å². The molecule has 2 rings (SSSR count). The number of nitrogens with one attached hydrogen (secondary N) is 1. The van der Waals surface area contributed by atoms with Crippen LogP contribution in [-0.2, 0) is 0 Å². The van der Waals surface area contributed by atoms with Crippen molar-refractivity contribution >= 4 is 6.01 Å². The van der Waals surface area contributed by atoms with E-state index in [0.717, 1.165) is 28.3 Å². The van der Waals surface area contributed by atoms with Crippen LogP contribution in [-0.4, -0.2) is 19.1 Å². The fourth-order valence-electron chi connectivity index (χ4n) is 2.15. The van der Waals surface area contributed by atoms with Gasteiger partial charge in [0.1, 0.15) is 17.2 Å². The molecule has 0 amide bonds. The molecule has 0 aliphatic rings. The van der Waals surface area contributed by atoms with Gasteiger partial charge in [0, 0.05) is 12.6 Å². The van der Waals surface area contributed by atoms with Gasteiger partial charge in [0.2, 0.25) is 0 Å². The Morgan fingerprint density at radius 3 is 2.50 bits per heavy atom. The summed E-state index contributed by atoms with van der Waals surface area (Å²) in [6, 6.07) is 4.68. The van der Waals surface area contributed by atoms with Crippen LogP contribution in [0.1, 0.15) is 16.9 Å². The molecular formula is C14H18N2O2. The number of rotatable bonds is 3. The van der Waals surface area contributed by atoms with Crippen molar-refractivity contribution in [3.05, 3.63) is 29.0 Å². The Kier molecular flexibility index (Phi) is 3.28. The van der Waals surface area contributed by atoms with E-state index in [0.29, 0.717) is 6.01 Å². The van der Waals surface area contributed by atoms with E-state index in [9.17, 15) is 0 Å². The summed E-state index contributed by atoms with van der Waals surface area (Å²) in [4.78, 5) is 4.43. The maximum absolute atomic E-state index is 5.52. The van der Waals surface area contributed by atoms with Crippen LogP contribution in [0.25, 0.3) is 11.3 Å². The van der Waals surface area contributed by atoms with Crippen LogP contribution in [0.2, 0.25) is 0 Å². The fourth-order valence-corrected chi connectivity index (χ4v) is 2.15. The zero-order valence-electron chi connectivity index (χ0n) is 11.4. The zero-order valence-corrected chi connectivity index (χ0v) is 11.4. The third kappa shape index (κ3) is 2.06. The van der Waals surface area contributed by atoms with Crippen molar-refractivity contribution in [2.75, 3.05) is 19.5 Å². The van der Waals surface area contributed by atoms with Gasteiger partial charge in [-0.2, -0.15) is 4.98 Å². The third-order valence-corrected chi connectivity index (χ3v) is 2.89. The van der Waals surface area contributed by atoms with Gasteiger partial charge in [0.05, 0.1) is 7.11 Å². The molecule has 2 aromatic rings. The molecule has 1 aromatic heterocycles. The summed E-state index contributed by atoms with van der Waals surface area (Å²) >= 11 is 0. The van der Waals surface area contributed by atoms with Gasteiger partial charge in [0.15, 0.2) is 0 Å². The molecule has 0 aliphatic heterocycles. The van der Waals surface area contributed by atoms with Crippen molar-refractivity contribution in [1.29, 1.82) is 0 Å². The van der Waals surface area contributed by atoms with Crippen LogP contribution in [0.4, 0.5) is 6.01 Å². The summed E-state index contributed by atoms with van der Waals surface area (Å²) in [5.74, 6) is 1.63. The molecule has 0 radical (unpaired) electrons. The smallest absolute Gasteiger partial charge is 0.295 e. The Labute approximate surface area is 107 Å². The molecule has 4 nitrogen and oxygen atoms in total. The lowest BCUT2D eigenvalue weighted by atomic mass is 10.0. The van der Waals surface area contributed by atoms with Crippen LogP contribution < -0.4 is 10.1 Å². The molecule has 0 spiro atoms. The fraction of sp³-hybridized carbons (Fsp3) is 0.357. The van der Waals surface area contributed by atoms with E-state index in [1.165, 1.54) is 5.56 Å². The van der Waals surface area contributed by atoms with Crippen molar-refractivity contribution in [2.24, 2.45) is 0 Å². The van der Waals surface area contributed by atoms with Gasteiger partial charge in [0.25, 0.3) is 6.01 Å². The molecule has 0 fully saturated rings. The normalized spacial score (nSPS) is 10.5. The molecule has 1 N–H and O–H groups in total. The molecule has 0 saturated heterocycles. The van der Waals surface area contributed by atoms with E-state index in [2.05, 4.69) is 29.4 Å². The highest BCUT2D eigenvalue weighted by molar-refractivity contribution is 5.72. The van der Waals surface area contributed by atoms with Gasteiger partial charge in [-0.3, -0.25) is 0 Å². The van der Waals surface area contributed by atoms with Gasteiger partial charge in [-0.1, -0.05) is 6.07 Å². The number of oxazole rings is 1. The van der Waals surface area contributed by atoms with E-state index in [1.807, 2.05) is 13.8 Å². The van der Waals surface area contributed by atoms with Crippen molar-refractivity contribution in [3.8, 4) is 17.0 Å². The minimum Gasteiger partial charge on any atom is -0.496 e. The van der Waals surface area contributed by atoms with E-state index in [-0.39, 0.29) is 0 Å². The quantitative estimate of drug-likeness (QED) is 0.902. The van der Waals surface area contributed by atoms with Crippen molar-refractivity contribution in [3.63, 3.8) is 0 Å². The second-order valence-electron chi connectivity index (χ2n) is 4.34. The average Bonchev–Trinajstić information content (AvgIpc) is 2.69. The summed E-state index contributed by atoms with van der Waals surface area (Å²) in [7, 11) is 3.46. The minimum atomic E-state index is 0.517. The number of ether oxygens (including phenoxy) is 1. The Morgan fingerprint density at radius 2 is 1.94 bits per heavy atom. The number of benzene rings is 1. The van der Waals surface area contributed by atoms with Crippen molar-refractivity contribution in [2.45, 2.75) is 20.8 Å². The molecule has 0 bridgehead atoms. The number of hydrogen-bond acceptors (Lipinski definition) is 4. The predicted molar refractivity (Wildman–Crippen MR) is 72.2 cm³/mol. The summed E-state index contributed by atoms with van der Waals surface area (Å²) < 4.78 is 11.0. The molecule has 96 valence electrons. The maximum Gasteiger partial charge on any atom is 0.295 e. The first-order valence-electron chi connectivity index (χ1n) is 5.87. The van der Waals surface area contributed by atoms with E-state index < -0.39 is 0 Å². The first-order chi connectivity index (χ1) is 8.56. The first kappa shape index (κ1) is 12.5. The van der Waals surface area contributed by atoms with E-state index in [4.69, 9.17) is 9.15 Å². The number of methoxy groups -OCH3 is 1. The minimum absolute atomic E-state index is 0.517. The number of nitrogens with zero attached hydrogens (tertiary/aromatic N) is 1. The molecule has 1 aromatic carbocycles. The van der Waals surface area contributed by atoms with Gasteiger partial charge >= 0.3 is 0 Å². The average molecular weight is 246 g/mol. The highest BCUT2D eigenvalue weighted by atomic mass is 16.5. The highest BCUT2D eigenvalue weighted by Crippen LogP contribution is 2.36. The van der Waals surface area contributed by atoms with E-state index in [1.54, 1.807) is 14.2 Å². The van der Waals surface area contributed by atoms with Crippen LogP contribution in [0.3, 0.4) is 0 Å². The summed E-state index contributed by atoms with van der Waals surface area (Å²) in [6.07, 6.45) is 0. The maximum atomic E-state index is 5.52. The lowest BCUT2D eigenvalue weighted by Gasteiger charge is -2.11.